The van der Waals surface area contributed by atoms with Crippen molar-refractivity contribution in [1.82, 2.24) is 4.98 Å². The average molecular weight is 206 g/mol. The second kappa shape index (κ2) is 4.49. The van der Waals surface area contributed by atoms with E-state index in [0.717, 1.165) is 25.5 Å². The molecule has 2 rings (SSSR count). The minimum Gasteiger partial charge on any atom is -0.397 e. The number of hydrogen-bond donors (Lipinski definition) is 2. The predicted molar refractivity (Wildman–Crippen MR) is 62.6 cm³/mol. The van der Waals surface area contributed by atoms with Gasteiger partial charge in [0.1, 0.15) is 5.82 Å². The monoisotopic (exact) mass is 206 g/mol. The highest BCUT2D eigenvalue weighted by molar-refractivity contribution is 5.46. The highest BCUT2D eigenvalue weighted by atomic mass is 15.2. The van der Waals surface area contributed by atoms with Crippen LogP contribution in [-0.4, -0.2) is 24.6 Å². The van der Waals surface area contributed by atoms with Crippen molar-refractivity contribution in [2.75, 3.05) is 30.3 Å². The quantitative estimate of drug-likeness (QED) is 0.752. The standard InChI is InChI=1S/C11H18N4/c12-6-9-2-1-5-15(8-9)11-4-3-10(13)7-14-11/h3-4,7,9H,1-2,5-6,8,12-13H2. The van der Waals surface area contributed by atoms with Crippen molar-refractivity contribution in [2.45, 2.75) is 12.8 Å². The Kier molecular flexibility index (Phi) is 3.06. The van der Waals surface area contributed by atoms with Crippen molar-refractivity contribution in [3.63, 3.8) is 0 Å². The minimum atomic E-state index is 0.609. The lowest BCUT2D eigenvalue weighted by atomic mass is 9.98. The normalized spacial score (nSPS) is 21.7. The molecule has 0 aromatic carbocycles. The van der Waals surface area contributed by atoms with Crippen molar-refractivity contribution in [3.8, 4) is 0 Å². The van der Waals surface area contributed by atoms with Crippen LogP contribution in [0, 0.1) is 5.92 Å². The fourth-order valence-electron chi connectivity index (χ4n) is 2.05. The summed E-state index contributed by atoms with van der Waals surface area (Å²) in [5.74, 6) is 1.63. The van der Waals surface area contributed by atoms with Crippen LogP contribution in [0.4, 0.5) is 11.5 Å². The highest BCUT2D eigenvalue weighted by Crippen LogP contribution is 2.21. The molecule has 0 radical (unpaired) electrons. The van der Waals surface area contributed by atoms with E-state index in [4.69, 9.17) is 11.5 Å². The zero-order chi connectivity index (χ0) is 10.7. The number of anilines is 2. The molecule has 15 heavy (non-hydrogen) atoms. The zero-order valence-electron chi connectivity index (χ0n) is 8.89. The smallest absolute Gasteiger partial charge is 0.128 e. The maximum atomic E-state index is 5.70. The van der Waals surface area contributed by atoms with Gasteiger partial charge >= 0.3 is 0 Å². The van der Waals surface area contributed by atoms with Crippen LogP contribution in [0.15, 0.2) is 18.3 Å². The molecule has 1 saturated heterocycles. The van der Waals surface area contributed by atoms with Gasteiger partial charge in [-0.25, -0.2) is 4.98 Å². The summed E-state index contributed by atoms with van der Waals surface area (Å²) < 4.78 is 0. The Hall–Kier alpha value is -1.29. The van der Waals surface area contributed by atoms with E-state index in [-0.39, 0.29) is 0 Å². The number of pyridine rings is 1. The summed E-state index contributed by atoms with van der Waals surface area (Å²) in [4.78, 5) is 6.62. The largest absolute Gasteiger partial charge is 0.397 e. The van der Waals surface area contributed by atoms with Crippen LogP contribution >= 0.6 is 0 Å². The van der Waals surface area contributed by atoms with E-state index in [9.17, 15) is 0 Å². The molecular formula is C11H18N4. The van der Waals surface area contributed by atoms with Gasteiger partial charge in [0.15, 0.2) is 0 Å². The number of nitrogens with zero attached hydrogens (tertiary/aromatic N) is 2. The number of rotatable bonds is 2. The zero-order valence-corrected chi connectivity index (χ0v) is 8.89. The van der Waals surface area contributed by atoms with Crippen LogP contribution in [0.1, 0.15) is 12.8 Å². The first kappa shape index (κ1) is 10.2. The molecule has 1 aromatic rings. The average Bonchev–Trinajstić information content (AvgIpc) is 2.30. The van der Waals surface area contributed by atoms with Crippen LogP contribution in [0.3, 0.4) is 0 Å². The van der Waals surface area contributed by atoms with Crippen molar-refractivity contribution < 1.29 is 0 Å². The lowest BCUT2D eigenvalue weighted by Crippen LogP contribution is -2.38. The van der Waals surface area contributed by atoms with Crippen molar-refractivity contribution in [3.05, 3.63) is 18.3 Å². The van der Waals surface area contributed by atoms with Gasteiger partial charge in [-0.1, -0.05) is 0 Å². The predicted octanol–water partition coefficient (Wildman–Crippen LogP) is 0.839. The third-order valence-electron chi connectivity index (χ3n) is 2.95. The Balaban J connectivity index is 2.06. The van der Waals surface area contributed by atoms with Crippen LogP contribution < -0.4 is 16.4 Å². The van der Waals surface area contributed by atoms with Crippen molar-refractivity contribution in [1.29, 1.82) is 0 Å². The molecule has 4 nitrogen and oxygen atoms in total. The molecule has 1 unspecified atom stereocenters. The second-order valence-electron chi connectivity index (χ2n) is 4.14. The Morgan fingerprint density at radius 1 is 1.47 bits per heavy atom. The first-order chi connectivity index (χ1) is 7.29. The fraction of sp³-hybridized carbons (Fsp3) is 0.545. The molecule has 1 aromatic heterocycles. The molecule has 0 amide bonds. The van der Waals surface area contributed by atoms with Gasteiger partial charge in [-0.15, -0.1) is 0 Å². The lowest BCUT2D eigenvalue weighted by Gasteiger charge is -2.32. The summed E-state index contributed by atoms with van der Waals surface area (Å²) in [5, 5.41) is 0. The lowest BCUT2D eigenvalue weighted by molar-refractivity contribution is 0.422. The molecule has 0 saturated carbocycles. The van der Waals surface area contributed by atoms with Crippen LogP contribution in [0.25, 0.3) is 0 Å². The molecule has 4 heteroatoms. The summed E-state index contributed by atoms with van der Waals surface area (Å²) in [6.45, 7) is 2.87. The molecule has 0 aliphatic carbocycles. The van der Waals surface area contributed by atoms with E-state index in [1.807, 2.05) is 12.1 Å². The fourth-order valence-corrected chi connectivity index (χ4v) is 2.05. The van der Waals surface area contributed by atoms with E-state index in [2.05, 4.69) is 9.88 Å². The number of nitrogens with two attached hydrogens (primary N) is 2. The Labute approximate surface area is 90.3 Å². The Bertz CT molecular complexity index is 309. The van der Waals surface area contributed by atoms with Gasteiger partial charge in [-0.2, -0.15) is 0 Å². The van der Waals surface area contributed by atoms with E-state index >= 15 is 0 Å². The minimum absolute atomic E-state index is 0.609. The van der Waals surface area contributed by atoms with Gasteiger partial charge < -0.3 is 16.4 Å². The van der Waals surface area contributed by atoms with E-state index in [0.29, 0.717) is 11.6 Å². The first-order valence-electron chi connectivity index (χ1n) is 5.46. The topological polar surface area (TPSA) is 68.2 Å². The SMILES string of the molecule is NCC1CCCN(c2ccc(N)cn2)C1. The summed E-state index contributed by atoms with van der Waals surface area (Å²) in [6.07, 6.45) is 4.15. The van der Waals surface area contributed by atoms with E-state index in [1.54, 1.807) is 6.20 Å². The van der Waals surface area contributed by atoms with E-state index < -0.39 is 0 Å². The van der Waals surface area contributed by atoms with Gasteiger partial charge in [-0.3, -0.25) is 0 Å². The number of aromatic nitrogens is 1. The third kappa shape index (κ3) is 2.39. The maximum Gasteiger partial charge on any atom is 0.128 e. The molecule has 2 heterocycles. The van der Waals surface area contributed by atoms with Crippen LogP contribution in [0.2, 0.25) is 0 Å². The Morgan fingerprint density at radius 3 is 3.00 bits per heavy atom. The summed E-state index contributed by atoms with van der Waals surface area (Å²) >= 11 is 0. The molecule has 1 aliphatic rings. The van der Waals surface area contributed by atoms with Gasteiger partial charge in [0, 0.05) is 13.1 Å². The number of piperidine rings is 1. The molecule has 4 N–H and O–H groups in total. The van der Waals surface area contributed by atoms with Crippen molar-refractivity contribution in [2.24, 2.45) is 11.7 Å². The maximum absolute atomic E-state index is 5.70. The second-order valence-corrected chi connectivity index (χ2v) is 4.14. The number of hydrogen-bond acceptors (Lipinski definition) is 4. The molecule has 1 aliphatic heterocycles. The first-order valence-corrected chi connectivity index (χ1v) is 5.46. The number of nitrogen functional groups attached to an aromatic ring is 1. The van der Waals surface area contributed by atoms with Crippen LogP contribution in [0.5, 0.6) is 0 Å². The molecule has 1 fully saturated rings. The molecule has 0 bridgehead atoms. The Morgan fingerprint density at radius 2 is 2.33 bits per heavy atom. The summed E-state index contributed by atoms with van der Waals surface area (Å²) in [6, 6.07) is 3.88. The summed E-state index contributed by atoms with van der Waals surface area (Å²) in [7, 11) is 0. The molecule has 0 spiro atoms. The molecule has 82 valence electrons. The van der Waals surface area contributed by atoms with Crippen molar-refractivity contribution >= 4 is 11.5 Å². The highest BCUT2D eigenvalue weighted by Gasteiger charge is 2.19. The van der Waals surface area contributed by atoms with Gasteiger partial charge in [0.05, 0.1) is 11.9 Å². The van der Waals surface area contributed by atoms with Crippen LogP contribution in [-0.2, 0) is 0 Å². The third-order valence-corrected chi connectivity index (χ3v) is 2.95. The van der Waals surface area contributed by atoms with E-state index in [1.165, 1.54) is 12.8 Å². The summed E-state index contributed by atoms with van der Waals surface area (Å²) in [5.41, 5.74) is 12.0. The molecule has 1 atom stereocenters. The van der Waals surface area contributed by atoms with Gasteiger partial charge in [0.25, 0.3) is 0 Å². The van der Waals surface area contributed by atoms with Gasteiger partial charge in [-0.05, 0) is 37.4 Å². The molecular weight excluding hydrogens is 188 g/mol. The van der Waals surface area contributed by atoms with Gasteiger partial charge in [0.2, 0.25) is 0 Å².